The van der Waals surface area contributed by atoms with Crippen LogP contribution in [0.5, 0.6) is 0 Å². The van der Waals surface area contributed by atoms with Crippen LogP contribution in [0.2, 0.25) is 0 Å². The number of hydrogen-bond donors (Lipinski definition) is 3. The molecule has 5 heteroatoms. The molecule has 1 aliphatic heterocycles. The molecule has 0 bridgehead atoms. The summed E-state index contributed by atoms with van der Waals surface area (Å²) in [6.45, 7) is 3.51. The summed E-state index contributed by atoms with van der Waals surface area (Å²) in [5.74, 6) is 0.594. The van der Waals surface area contributed by atoms with Crippen LogP contribution in [0.15, 0.2) is 24.3 Å². The smallest absolute Gasteiger partial charge is 0.319 e. The number of hydrogen-bond acceptors (Lipinski definition) is 3. The molecule has 1 aromatic rings. The zero-order valence-electron chi connectivity index (χ0n) is 12.1. The fraction of sp³-hybridized carbons (Fsp3) is 0.533. The standard InChI is InChI=1S/C15H24N4O/c1-19-8-6-13(7-9-19)11-17-15(20)18-14-4-2-12(10-16)3-5-14/h2-5,13H,6-11,16H2,1H3,(H2,17,18,20). The molecule has 4 N–H and O–H groups in total. The van der Waals surface area contributed by atoms with Gasteiger partial charge in [0.15, 0.2) is 0 Å². The van der Waals surface area contributed by atoms with E-state index in [1.165, 1.54) is 0 Å². The fourth-order valence-electron chi connectivity index (χ4n) is 2.40. The Balaban J connectivity index is 1.72. The maximum absolute atomic E-state index is 11.8. The number of nitrogens with zero attached hydrogens (tertiary/aromatic N) is 1. The van der Waals surface area contributed by atoms with E-state index in [0.29, 0.717) is 12.5 Å². The van der Waals surface area contributed by atoms with Gasteiger partial charge in [-0.3, -0.25) is 0 Å². The van der Waals surface area contributed by atoms with Crippen LogP contribution in [-0.2, 0) is 6.54 Å². The molecule has 0 spiro atoms. The number of urea groups is 1. The van der Waals surface area contributed by atoms with Crippen molar-refractivity contribution in [2.45, 2.75) is 19.4 Å². The maximum atomic E-state index is 11.8. The van der Waals surface area contributed by atoms with Crippen LogP contribution < -0.4 is 16.4 Å². The molecule has 20 heavy (non-hydrogen) atoms. The van der Waals surface area contributed by atoms with Crippen LogP contribution in [0, 0.1) is 5.92 Å². The molecule has 1 aliphatic rings. The van der Waals surface area contributed by atoms with Crippen molar-refractivity contribution < 1.29 is 4.79 Å². The Kier molecular flexibility index (Phi) is 5.38. The summed E-state index contributed by atoms with van der Waals surface area (Å²) in [6.07, 6.45) is 2.31. The van der Waals surface area contributed by atoms with Crippen molar-refractivity contribution in [1.29, 1.82) is 0 Å². The lowest BCUT2D eigenvalue weighted by Gasteiger charge is -2.28. The van der Waals surface area contributed by atoms with Gasteiger partial charge in [0.2, 0.25) is 0 Å². The normalized spacial score (nSPS) is 16.9. The second kappa shape index (κ2) is 7.26. The number of piperidine rings is 1. The predicted molar refractivity (Wildman–Crippen MR) is 81.6 cm³/mol. The molecular formula is C15H24N4O. The van der Waals surface area contributed by atoms with Gasteiger partial charge in [-0.1, -0.05) is 12.1 Å². The van der Waals surface area contributed by atoms with E-state index < -0.39 is 0 Å². The second-order valence-corrected chi connectivity index (χ2v) is 5.48. The first-order valence-electron chi connectivity index (χ1n) is 7.20. The number of anilines is 1. The summed E-state index contributed by atoms with van der Waals surface area (Å²) in [5, 5.41) is 5.79. The van der Waals surface area contributed by atoms with Crippen LogP contribution in [0.3, 0.4) is 0 Å². The van der Waals surface area contributed by atoms with Gasteiger partial charge in [0.05, 0.1) is 0 Å². The average molecular weight is 276 g/mol. The lowest BCUT2D eigenvalue weighted by Crippen LogP contribution is -2.38. The van der Waals surface area contributed by atoms with Crippen LogP contribution in [0.4, 0.5) is 10.5 Å². The van der Waals surface area contributed by atoms with E-state index in [9.17, 15) is 4.79 Å². The van der Waals surface area contributed by atoms with Gasteiger partial charge < -0.3 is 21.3 Å². The Morgan fingerprint density at radius 1 is 1.30 bits per heavy atom. The van der Waals surface area contributed by atoms with Crippen LogP contribution in [0.1, 0.15) is 18.4 Å². The number of amides is 2. The van der Waals surface area contributed by atoms with E-state index in [-0.39, 0.29) is 6.03 Å². The molecule has 1 heterocycles. The van der Waals surface area contributed by atoms with Crippen molar-refractivity contribution in [3.63, 3.8) is 0 Å². The van der Waals surface area contributed by atoms with Crippen LogP contribution in [-0.4, -0.2) is 37.6 Å². The Morgan fingerprint density at radius 3 is 2.55 bits per heavy atom. The van der Waals surface area contributed by atoms with Crippen molar-refractivity contribution in [2.24, 2.45) is 11.7 Å². The first-order valence-corrected chi connectivity index (χ1v) is 7.20. The minimum absolute atomic E-state index is 0.135. The third-order valence-electron chi connectivity index (χ3n) is 3.84. The Hall–Kier alpha value is -1.59. The molecular weight excluding hydrogens is 252 g/mol. The van der Waals surface area contributed by atoms with E-state index in [1.807, 2.05) is 24.3 Å². The average Bonchev–Trinajstić information content (AvgIpc) is 2.47. The second-order valence-electron chi connectivity index (χ2n) is 5.48. The van der Waals surface area contributed by atoms with E-state index in [1.54, 1.807) is 0 Å². The Morgan fingerprint density at radius 2 is 1.95 bits per heavy atom. The topological polar surface area (TPSA) is 70.4 Å². The molecule has 1 fully saturated rings. The molecule has 5 nitrogen and oxygen atoms in total. The molecule has 1 aromatic carbocycles. The summed E-state index contributed by atoms with van der Waals surface area (Å²) >= 11 is 0. The summed E-state index contributed by atoms with van der Waals surface area (Å²) in [6, 6.07) is 7.46. The molecule has 0 radical (unpaired) electrons. The highest BCUT2D eigenvalue weighted by Gasteiger charge is 2.17. The molecule has 0 saturated carbocycles. The fourth-order valence-corrected chi connectivity index (χ4v) is 2.40. The van der Waals surface area contributed by atoms with Gasteiger partial charge in [0.1, 0.15) is 0 Å². The van der Waals surface area contributed by atoms with E-state index >= 15 is 0 Å². The van der Waals surface area contributed by atoms with Gasteiger partial charge in [-0.2, -0.15) is 0 Å². The third-order valence-corrected chi connectivity index (χ3v) is 3.84. The SMILES string of the molecule is CN1CCC(CNC(=O)Nc2ccc(CN)cc2)CC1. The minimum Gasteiger partial charge on any atom is -0.338 e. The quantitative estimate of drug-likeness (QED) is 0.782. The van der Waals surface area contributed by atoms with E-state index in [4.69, 9.17) is 5.73 Å². The maximum Gasteiger partial charge on any atom is 0.319 e. The number of benzene rings is 1. The molecule has 0 atom stereocenters. The molecule has 0 aromatic heterocycles. The summed E-state index contributed by atoms with van der Waals surface area (Å²) < 4.78 is 0. The summed E-state index contributed by atoms with van der Waals surface area (Å²) in [4.78, 5) is 14.1. The van der Waals surface area contributed by atoms with Gasteiger partial charge in [-0.05, 0) is 56.6 Å². The van der Waals surface area contributed by atoms with Crippen molar-refractivity contribution in [3.05, 3.63) is 29.8 Å². The highest BCUT2D eigenvalue weighted by atomic mass is 16.2. The zero-order valence-corrected chi connectivity index (χ0v) is 12.1. The number of nitrogens with two attached hydrogens (primary N) is 1. The van der Waals surface area contributed by atoms with Crippen molar-refractivity contribution in [3.8, 4) is 0 Å². The monoisotopic (exact) mass is 276 g/mol. The molecule has 1 saturated heterocycles. The first-order chi connectivity index (χ1) is 9.67. The molecule has 2 amide bonds. The molecule has 0 unspecified atom stereocenters. The molecule has 110 valence electrons. The van der Waals surface area contributed by atoms with Crippen molar-refractivity contribution >= 4 is 11.7 Å². The predicted octanol–water partition coefficient (Wildman–Crippen LogP) is 1.61. The third kappa shape index (κ3) is 4.51. The highest BCUT2D eigenvalue weighted by molar-refractivity contribution is 5.89. The largest absolute Gasteiger partial charge is 0.338 e. The van der Waals surface area contributed by atoms with Gasteiger partial charge >= 0.3 is 6.03 Å². The van der Waals surface area contributed by atoms with Gasteiger partial charge in [0, 0.05) is 18.8 Å². The molecule has 0 aliphatic carbocycles. The van der Waals surface area contributed by atoms with Crippen molar-refractivity contribution in [2.75, 3.05) is 32.0 Å². The van der Waals surface area contributed by atoms with Crippen LogP contribution >= 0.6 is 0 Å². The zero-order chi connectivity index (χ0) is 14.4. The highest BCUT2D eigenvalue weighted by Crippen LogP contribution is 2.15. The number of carbonyl (C=O) groups excluding carboxylic acids is 1. The number of carbonyl (C=O) groups is 1. The Labute approximate surface area is 120 Å². The minimum atomic E-state index is -0.135. The lowest BCUT2D eigenvalue weighted by molar-refractivity contribution is 0.213. The van der Waals surface area contributed by atoms with Gasteiger partial charge in [0.25, 0.3) is 0 Å². The Bertz CT molecular complexity index is 424. The summed E-state index contributed by atoms with van der Waals surface area (Å²) in [5.41, 5.74) is 7.39. The lowest BCUT2D eigenvalue weighted by atomic mass is 9.97. The first kappa shape index (κ1) is 14.8. The van der Waals surface area contributed by atoms with E-state index in [2.05, 4.69) is 22.6 Å². The number of likely N-dealkylation sites (tertiary alicyclic amines) is 1. The molecule has 2 rings (SSSR count). The van der Waals surface area contributed by atoms with Gasteiger partial charge in [-0.15, -0.1) is 0 Å². The van der Waals surface area contributed by atoms with E-state index in [0.717, 1.165) is 43.7 Å². The number of nitrogens with one attached hydrogen (secondary N) is 2. The summed E-state index contributed by atoms with van der Waals surface area (Å²) in [7, 11) is 2.14. The van der Waals surface area contributed by atoms with Crippen molar-refractivity contribution in [1.82, 2.24) is 10.2 Å². The van der Waals surface area contributed by atoms with Crippen LogP contribution in [0.25, 0.3) is 0 Å². The van der Waals surface area contributed by atoms with Gasteiger partial charge in [-0.25, -0.2) is 4.79 Å². The number of rotatable bonds is 4.